The molecule has 2 N–H and O–H groups in total. The highest BCUT2D eigenvalue weighted by atomic mass is 16.5. The van der Waals surface area contributed by atoms with Crippen LogP contribution in [0.15, 0.2) is 24.3 Å². The molecule has 0 aliphatic heterocycles. The third-order valence-electron chi connectivity index (χ3n) is 3.04. The van der Waals surface area contributed by atoms with Crippen molar-refractivity contribution in [3.05, 3.63) is 29.8 Å². The van der Waals surface area contributed by atoms with Gasteiger partial charge in [0.15, 0.2) is 0 Å². The van der Waals surface area contributed by atoms with E-state index >= 15 is 0 Å². The lowest BCUT2D eigenvalue weighted by molar-refractivity contribution is -0.119. The lowest BCUT2D eigenvalue weighted by Gasteiger charge is -2.11. The third kappa shape index (κ3) is 4.04. The first-order chi connectivity index (χ1) is 8.79. The van der Waals surface area contributed by atoms with Gasteiger partial charge in [-0.05, 0) is 24.8 Å². The predicted octanol–water partition coefficient (Wildman–Crippen LogP) is 1.77. The molecule has 1 aliphatic carbocycles. The summed E-state index contributed by atoms with van der Waals surface area (Å²) in [6, 6.07) is 7.87. The molecule has 1 amide bonds. The maximum Gasteiger partial charge on any atom is 0.239 e. The average molecular weight is 248 g/mol. The highest BCUT2D eigenvalue weighted by molar-refractivity contribution is 5.80. The number of nitrogens with one attached hydrogen (secondary N) is 2. The summed E-state index contributed by atoms with van der Waals surface area (Å²) in [5.41, 5.74) is 2.02. The van der Waals surface area contributed by atoms with E-state index in [9.17, 15) is 4.79 Å². The van der Waals surface area contributed by atoms with Crippen molar-refractivity contribution in [1.82, 2.24) is 5.32 Å². The Balaban J connectivity index is 1.78. The second-order valence-electron chi connectivity index (χ2n) is 4.69. The van der Waals surface area contributed by atoms with Crippen molar-refractivity contribution in [3.8, 4) is 0 Å². The van der Waals surface area contributed by atoms with Crippen LogP contribution in [0, 0.1) is 5.92 Å². The van der Waals surface area contributed by atoms with E-state index in [2.05, 4.69) is 10.6 Å². The fourth-order valence-electron chi connectivity index (χ4n) is 1.79. The number of ether oxygens (including phenoxy) is 1. The first-order valence-corrected chi connectivity index (χ1v) is 6.37. The molecular weight excluding hydrogens is 228 g/mol. The number of anilines is 1. The van der Waals surface area contributed by atoms with Crippen LogP contribution in [0.3, 0.4) is 0 Å². The molecule has 1 aromatic carbocycles. The van der Waals surface area contributed by atoms with E-state index in [1.807, 2.05) is 24.3 Å². The first-order valence-electron chi connectivity index (χ1n) is 6.37. The van der Waals surface area contributed by atoms with E-state index in [0.29, 0.717) is 13.2 Å². The fraction of sp³-hybridized carbons (Fsp3) is 0.500. The van der Waals surface area contributed by atoms with Gasteiger partial charge in [0.25, 0.3) is 0 Å². The molecule has 18 heavy (non-hydrogen) atoms. The second kappa shape index (κ2) is 6.40. The molecule has 0 heterocycles. The standard InChI is InChI=1S/C14H20N2O2/c1-18-10-12-4-2-3-5-13(12)15-9-14(17)16-8-11-6-7-11/h2-5,11,15H,6-10H2,1H3,(H,16,17). The number of methoxy groups -OCH3 is 1. The van der Waals surface area contributed by atoms with Crippen molar-refractivity contribution in [2.24, 2.45) is 5.92 Å². The minimum atomic E-state index is 0.0501. The molecule has 0 aromatic heterocycles. The Hall–Kier alpha value is -1.55. The van der Waals surface area contributed by atoms with Crippen LogP contribution >= 0.6 is 0 Å². The second-order valence-corrected chi connectivity index (χ2v) is 4.69. The van der Waals surface area contributed by atoms with Gasteiger partial charge in [0.1, 0.15) is 0 Å². The summed E-state index contributed by atoms with van der Waals surface area (Å²) in [7, 11) is 1.67. The lowest BCUT2D eigenvalue weighted by atomic mass is 10.2. The van der Waals surface area contributed by atoms with Gasteiger partial charge in [-0.1, -0.05) is 18.2 Å². The van der Waals surface area contributed by atoms with Gasteiger partial charge in [-0.3, -0.25) is 4.79 Å². The van der Waals surface area contributed by atoms with E-state index in [1.165, 1.54) is 12.8 Å². The molecular formula is C14H20N2O2. The van der Waals surface area contributed by atoms with Crippen molar-refractivity contribution in [1.29, 1.82) is 0 Å². The van der Waals surface area contributed by atoms with E-state index < -0.39 is 0 Å². The molecule has 0 unspecified atom stereocenters. The SMILES string of the molecule is COCc1ccccc1NCC(=O)NCC1CC1. The quantitative estimate of drug-likeness (QED) is 0.773. The maximum absolute atomic E-state index is 11.6. The fourth-order valence-corrected chi connectivity index (χ4v) is 1.79. The number of hydrogen-bond donors (Lipinski definition) is 2. The molecule has 1 aliphatic rings. The maximum atomic E-state index is 11.6. The number of benzene rings is 1. The molecule has 0 spiro atoms. The van der Waals surface area contributed by atoms with Crippen molar-refractivity contribution < 1.29 is 9.53 Å². The van der Waals surface area contributed by atoms with Crippen LogP contribution < -0.4 is 10.6 Å². The van der Waals surface area contributed by atoms with Gasteiger partial charge in [-0.25, -0.2) is 0 Å². The number of amides is 1. The minimum absolute atomic E-state index is 0.0501. The first kappa shape index (κ1) is 12.9. The smallest absolute Gasteiger partial charge is 0.239 e. The zero-order valence-electron chi connectivity index (χ0n) is 10.7. The summed E-state index contributed by atoms with van der Waals surface area (Å²) in [4.78, 5) is 11.6. The van der Waals surface area contributed by atoms with Crippen LogP contribution in [0.4, 0.5) is 5.69 Å². The van der Waals surface area contributed by atoms with Gasteiger partial charge in [0.05, 0.1) is 13.2 Å². The number of para-hydroxylation sites is 1. The molecule has 1 aromatic rings. The largest absolute Gasteiger partial charge is 0.380 e. The Morgan fingerprint density at radius 1 is 1.39 bits per heavy atom. The van der Waals surface area contributed by atoms with Gasteiger partial charge in [0, 0.05) is 24.9 Å². The molecule has 1 saturated carbocycles. The summed E-state index contributed by atoms with van der Waals surface area (Å²) in [5.74, 6) is 0.767. The molecule has 0 radical (unpaired) electrons. The lowest BCUT2D eigenvalue weighted by Crippen LogP contribution is -2.31. The number of hydrogen-bond acceptors (Lipinski definition) is 3. The van der Waals surface area contributed by atoms with Crippen LogP contribution in [0.25, 0.3) is 0 Å². The molecule has 4 nitrogen and oxygen atoms in total. The number of carbonyl (C=O) groups excluding carboxylic acids is 1. The minimum Gasteiger partial charge on any atom is -0.380 e. The Morgan fingerprint density at radius 2 is 2.17 bits per heavy atom. The predicted molar refractivity (Wildman–Crippen MR) is 71.4 cm³/mol. The summed E-state index contributed by atoms with van der Waals surface area (Å²) in [6.45, 7) is 1.68. The molecule has 98 valence electrons. The molecule has 0 saturated heterocycles. The van der Waals surface area contributed by atoms with E-state index in [0.717, 1.165) is 23.7 Å². The Labute approximate surface area is 108 Å². The van der Waals surface area contributed by atoms with Gasteiger partial charge in [-0.2, -0.15) is 0 Å². The average Bonchev–Trinajstić information content (AvgIpc) is 3.20. The van der Waals surface area contributed by atoms with Crippen LogP contribution in [0.2, 0.25) is 0 Å². The third-order valence-corrected chi connectivity index (χ3v) is 3.04. The Kier molecular flexibility index (Phi) is 4.59. The molecule has 0 bridgehead atoms. The summed E-state index contributed by atoms with van der Waals surface area (Å²) < 4.78 is 5.12. The normalized spacial score (nSPS) is 14.3. The van der Waals surface area contributed by atoms with E-state index in [4.69, 9.17) is 4.74 Å². The summed E-state index contributed by atoms with van der Waals surface area (Å²) in [6.07, 6.45) is 2.51. The summed E-state index contributed by atoms with van der Waals surface area (Å²) in [5, 5.41) is 6.08. The van der Waals surface area contributed by atoms with E-state index in [1.54, 1.807) is 7.11 Å². The molecule has 2 rings (SSSR count). The monoisotopic (exact) mass is 248 g/mol. The van der Waals surface area contributed by atoms with Crippen LogP contribution in [-0.2, 0) is 16.1 Å². The van der Waals surface area contributed by atoms with E-state index in [-0.39, 0.29) is 5.91 Å². The molecule has 0 atom stereocenters. The van der Waals surface area contributed by atoms with Crippen LogP contribution in [0.5, 0.6) is 0 Å². The van der Waals surface area contributed by atoms with Gasteiger partial charge in [0.2, 0.25) is 5.91 Å². The van der Waals surface area contributed by atoms with Gasteiger partial charge in [-0.15, -0.1) is 0 Å². The molecule has 1 fully saturated rings. The Morgan fingerprint density at radius 3 is 2.89 bits per heavy atom. The Bertz CT molecular complexity index is 403. The van der Waals surface area contributed by atoms with Crippen molar-refractivity contribution >= 4 is 11.6 Å². The highest BCUT2D eigenvalue weighted by Crippen LogP contribution is 2.27. The van der Waals surface area contributed by atoms with Crippen molar-refractivity contribution in [2.45, 2.75) is 19.4 Å². The van der Waals surface area contributed by atoms with Gasteiger partial charge >= 0.3 is 0 Å². The zero-order valence-corrected chi connectivity index (χ0v) is 10.7. The molecule has 4 heteroatoms. The topological polar surface area (TPSA) is 50.4 Å². The van der Waals surface area contributed by atoms with Crippen molar-refractivity contribution in [3.63, 3.8) is 0 Å². The van der Waals surface area contributed by atoms with Crippen molar-refractivity contribution in [2.75, 3.05) is 25.5 Å². The highest BCUT2D eigenvalue weighted by Gasteiger charge is 2.21. The summed E-state index contributed by atoms with van der Waals surface area (Å²) >= 11 is 0. The van der Waals surface area contributed by atoms with Gasteiger partial charge < -0.3 is 15.4 Å². The zero-order chi connectivity index (χ0) is 12.8. The number of carbonyl (C=O) groups is 1. The number of rotatable bonds is 7. The van der Waals surface area contributed by atoms with Crippen LogP contribution in [0.1, 0.15) is 18.4 Å². The van der Waals surface area contributed by atoms with Crippen LogP contribution in [-0.4, -0.2) is 26.1 Å².